The van der Waals surface area contributed by atoms with Crippen LogP contribution in [-0.4, -0.2) is 45.5 Å². The molecule has 7 nitrogen and oxygen atoms in total. The molecule has 1 aromatic rings. The first-order chi connectivity index (χ1) is 11.5. The van der Waals surface area contributed by atoms with E-state index in [-0.39, 0.29) is 16.2 Å². The highest BCUT2D eigenvalue weighted by Crippen LogP contribution is 2.26. The summed E-state index contributed by atoms with van der Waals surface area (Å²) < 4.78 is 36.9. The van der Waals surface area contributed by atoms with E-state index in [0.717, 1.165) is 25.7 Å². The molecule has 0 spiro atoms. The summed E-state index contributed by atoms with van der Waals surface area (Å²) in [5.74, 6) is -0.589. The lowest BCUT2D eigenvalue weighted by molar-refractivity contribution is 0.0551. The second kappa shape index (κ2) is 8.13. The molecule has 0 amide bonds. The zero-order valence-electron chi connectivity index (χ0n) is 13.5. The molecule has 1 fully saturated rings. The minimum Gasteiger partial charge on any atom is -0.496 e. The molecule has 0 radical (unpaired) electrons. The van der Waals surface area contributed by atoms with E-state index in [1.165, 1.54) is 29.6 Å². The molecule has 2 rings (SSSR count). The fourth-order valence-corrected chi connectivity index (χ4v) is 4.16. The first-order valence-electron chi connectivity index (χ1n) is 7.73. The Morgan fingerprint density at radius 2 is 1.92 bits per heavy atom. The van der Waals surface area contributed by atoms with Gasteiger partial charge in [0.15, 0.2) is 6.61 Å². The first-order valence-corrected chi connectivity index (χ1v) is 9.17. The number of benzene rings is 1. The number of methoxy groups -OCH3 is 1. The highest BCUT2D eigenvalue weighted by atomic mass is 32.2. The van der Waals surface area contributed by atoms with E-state index >= 15 is 0 Å². The van der Waals surface area contributed by atoms with Crippen LogP contribution in [0.15, 0.2) is 23.1 Å². The number of nitrogens with zero attached hydrogens (tertiary/aromatic N) is 2. The summed E-state index contributed by atoms with van der Waals surface area (Å²) in [6.45, 7) is 0.538. The lowest BCUT2D eigenvalue weighted by Crippen LogP contribution is -2.32. The minimum absolute atomic E-state index is 0.0105. The van der Waals surface area contributed by atoms with Crippen molar-refractivity contribution in [3.05, 3.63) is 23.8 Å². The number of rotatable bonds is 5. The van der Waals surface area contributed by atoms with Crippen molar-refractivity contribution in [2.45, 2.75) is 30.6 Å². The minimum atomic E-state index is -3.68. The molecule has 1 aliphatic heterocycles. The Balaban J connectivity index is 2.36. The number of ether oxygens (including phenoxy) is 2. The quantitative estimate of drug-likeness (QED) is 0.751. The monoisotopic (exact) mass is 352 g/mol. The van der Waals surface area contributed by atoms with Crippen LogP contribution < -0.4 is 4.74 Å². The van der Waals surface area contributed by atoms with E-state index < -0.39 is 22.6 Å². The molecular weight excluding hydrogens is 332 g/mol. The molecule has 1 aliphatic rings. The Kier molecular flexibility index (Phi) is 6.17. The average molecular weight is 352 g/mol. The maximum absolute atomic E-state index is 12.8. The van der Waals surface area contributed by atoms with E-state index in [0.29, 0.717) is 13.1 Å². The van der Waals surface area contributed by atoms with Gasteiger partial charge >= 0.3 is 5.97 Å². The zero-order chi connectivity index (χ0) is 17.6. The molecular formula is C16H20N2O5S. The first kappa shape index (κ1) is 18.2. The third-order valence-corrected chi connectivity index (χ3v) is 5.76. The predicted molar refractivity (Wildman–Crippen MR) is 86.1 cm³/mol. The Bertz CT molecular complexity index is 731. The lowest BCUT2D eigenvalue weighted by Gasteiger charge is -2.20. The summed E-state index contributed by atoms with van der Waals surface area (Å²) in [4.78, 5) is 12.1. The van der Waals surface area contributed by atoms with Gasteiger partial charge in [0.2, 0.25) is 10.0 Å². The Hall–Kier alpha value is -2.11. The van der Waals surface area contributed by atoms with Gasteiger partial charge in [0.25, 0.3) is 0 Å². The summed E-state index contributed by atoms with van der Waals surface area (Å²) in [7, 11) is -2.31. The van der Waals surface area contributed by atoms with Crippen LogP contribution in [0.25, 0.3) is 0 Å². The molecule has 1 heterocycles. The molecule has 0 bridgehead atoms. The van der Waals surface area contributed by atoms with E-state index in [1.807, 2.05) is 0 Å². The molecule has 0 aromatic heterocycles. The number of hydrogen-bond donors (Lipinski definition) is 0. The van der Waals surface area contributed by atoms with Crippen molar-refractivity contribution in [3.63, 3.8) is 0 Å². The van der Waals surface area contributed by atoms with Gasteiger partial charge in [-0.15, -0.1) is 0 Å². The van der Waals surface area contributed by atoms with Crippen molar-refractivity contribution in [2.24, 2.45) is 0 Å². The summed E-state index contributed by atoms with van der Waals surface area (Å²) in [5, 5.41) is 8.51. The second-order valence-corrected chi connectivity index (χ2v) is 7.35. The van der Waals surface area contributed by atoms with Crippen molar-refractivity contribution in [3.8, 4) is 11.8 Å². The van der Waals surface area contributed by atoms with Crippen LogP contribution in [0.5, 0.6) is 5.75 Å². The topological polar surface area (TPSA) is 96.7 Å². The van der Waals surface area contributed by atoms with Gasteiger partial charge in [-0.2, -0.15) is 9.57 Å². The third-order valence-electron chi connectivity index (χ3n) is 3.86. The molecule has 0 atom stereocenters. The molecule has 0 N–H and O–H groups in total. The van der Waals surface area contributed by atoms with E-state index in [1.54, 1.807) is 6.07 Å². The Morgan fingerprint density at radius 1 is 1.25 bits per heavy atom. The van der Waals surface area contributed by atoms with Gasteiger partial charge in [-0.3, -0.25) is 0 Å². The second-order valence-electron chi connectivity index (χ2n) is 5.41. The van der Waals surface area contributed by atoms with Crippen molar-refractivity contribution < 1.29 is 22.7 Å². The number of carbonyl (C=O) groups excluding carboxylic acids is 1. The van der Waals surface area contributed by atoms with Crippen LogP contribution in [0.3, 0.4) is 0 Å². The van der Waals surface area contributed by atoms with Crippen LogP contribution >= 0.6 is 0 Å². The highest BCUT2D eigenvalue weighted by molar-refractivity contribution is 7.89. The number of sulfonamides is 1. The van der Waals surface area contributed by atoms with Gasteiger partial charge in [0.05, 0.1) is 12.0 Å². The van der Waals surface area contributed by atoms with Crippen molar-refractivity contribution in [2.75, 3.05) is 26.8 Å². The number of carbonyl (C=O) groups is 1. The van der Waals surface area contributed by atoms with Crippen molar-refractivity contribution in [1.82, 2.24) is 4.31 Å². The van der Waals surface area contributed by atoms with Crippen LogP contribution in [0.1, 0.15) is 36.0 Å². The highest BCUT2D eigenvalue weighted by Gasteiger charge is 2.27. The maximum atomic E-state index is 12.8. The van der Waals surface area contributed by atoms with E-state index in [4.69, 9.17) is 14.7 Å². The standard InChI is InChI=1S/C16H20N2O5S/c1-22-15-7-6-13(12-14(15)16(19)23-11-8-17)24(20,21)18-9-4-2-3-5-10-18/h6-7,12H,2-5,9-11H2,1H3. The van der Waals surface area contributed by atoms with Gasteiger partial charge in [-0.1, -0.05) is 12.8 Å². The van der Waals surface area contributed by atoms with Gasteiger partial charge < -0.3 is 9.47 Å². The molecule has 8 heteroatoms. The molecule has 0 saturated carbocycles. The Morgan fingerprint density at radius 3 is 2.50 bits per heavy atom. The summed E-state index contributed by atoms with van der Waals surface area (Å²) in [6.07, 6.45) is 3.68. The lowest BCUT2D eigenvalue weighted by atomic mass is 10.2. The number of hydrogen-bond acceptors (Lipinski definition) is 6. The molecule has 1 saturated heterocycles. The van der Waals surface area contributed by atoms with Crippen LogP contribution in [-0.2, 0) is 14.8 Å². The third kappa shape index (κ3) is 4.04. The average Bonchev–Trinajstić information content (AvgIpc) is 2.89. The van der Waals surface area contributed by atoms with E-state index in [2.05, 4.69) is 0 Å². The van der Waals surface area contributed by atoms with E-state index in [9.17, 15) is 13.2 Å². The summed E-state index contributed by atoms with van der Waals surface area (Å²) in [6, 6.07) is 5.79. The normalized spacial score (nSPS) is 16.0. The smallest absolute Gasteiger partial charge is 0.342 e. The molecule has 1 aromatic carbocycles. The SMILES string of the molecule is COc1ccc(S(=O)(=O)N2CCCCCC2)cc1C(=O)OCC#N. The zero-order valence-corrected chi connectivity index (χ0v) is 14.3. The van der Waals surface area contributed by atoms with Gasteiger partial charge in [-0.05, 0) is 31.0 Å². The molecule has 130 valence electrons. The largest absolute Gasteiger partial charge is 0.496 e. The summed E-state index contributed by atoms with van der Waals surface area (Å²) in [5.41, 5.74) is -0.0105. The maximum Gasteiger partial charge on any atom is 0.342 e. The fourth-order valence-electron chi connectivity index (χ4n) is 2.61. The summed E-state index contributed by atoms with van der Waals surface area (Å²) >= 11 is 0. The van der Waals surface area contributed by atoms with Crippen LogP contribution in [0, 0.1) is 11.3 Å². The number of esters is 1. The molecule has 0 unspecified atom stereocenters. The van der Waals surface area contributed by atoms with Gasteiger partial charge in [-0.25, -0.2) is 13.2 Å². The predicted octanol–water partition coefficient (Wildman–Crippen LogP) is 1.94. The molecule has 24 heavy (non-hydrogen) atoms. The van der Waals surface area contributed by atoms with Gasteiger partial charge in [0.1, 0.15) is 17.4 Å². The number of nitriles is 1. The van der Waals surface area contributed by atoms with Crippen LogP contribution in [0.2, 0.25) is 0 Å². The molecule has 0 aliphatic carbocycles. The fraction of sp³-hybridized carbons (Fsp3) is 0.500. The Labute approximate surface area is 141 Å². The van der Waals surface area contributed by atoms with Gasteiger partial charge in [0, 0.05) is 13.1 Å². The van der Waals surface area contributed by atoms with Crippen molar-refractivity contribution >= 4 is 16.0 Å². The van der Waals surface area contributed by atoms with Crippen LogP contribution in [0.4, 0.5) is 0 Å². The van der Waals surface area contributed by atoms with Crippen molar-refractivity contribution in [1.29, 1.82) is 5.26 Å².